The van der Waals surface area contributed by atoms with Gasteiger partial charge in [-0.05, 0) is 55.5 Å². The third-order valence-electron chi connectivity index (χ3n) is 4.32. The molecule has 1 atom stereocenters. The number of ether oxygens (including phenoxy) is 1. The molecule has 0 fully saturated rings. The van der Waals surface area contributed by atoms with Crippen molar-refractivity contribution in [3.05, 3.63) is 64.7 Å². The van der Waals surface area contributed by atoms with E-state index in [-0.39, 0.29) is 11.8 Å². The van der Waals surface area contributed by atoms with Crippen LogP contribution in [-0.2, 0) is 4.79 Å². The number of esters is 1. The van der Waals surface area contributed by atoms with E-state index >= 15 is 0 Å². The van der Waals surface area contributed by atoms with E-state index in [1.54, 1.807) is 24.3 Å². The number of benzene rings is 2. The van der Waals surface area contributed by atoms with E-state index in [0.29, 0.717) is 11.3 Å². The number of nitrogens with one attached hydrogen (secondary N) is 1. The first kappa shape index (κ1) is 18.7. The smallest absolute Gasteiger partial charge is 0.334 e. The van der Waals surface area contributed by atoms with Gasteiger partial charge >= 0.3 is 5.97 Å². The van der Waals surface area contributed by atoms with Crippen molar-refractivity contribution in [2.75, 3.05) is 0 Å². The summed E-state index contributed by atoms with van der Waals surface area (Å²) in [4.78, 5) is 25.1. The monoisotopic (exact) mass is 339 g/mol. The lowest BCUT2D eigenvalue weighted by molar-refractivity contribution is -0.137. The van der Waals surface area contributed by atoms with Crippen LogP contribution in [0.4, 0.5) is 0 Å². The van der Waals surface area contributed by atoms with E-state index < -0.39 is 12.0 Å². The number of hydrogen-bond donors (Lipinski definition) is 1. The molecule has 0 saturated heterocycles. The Kier molecular flexibility index (Phi) is 5.97. The summed E-state index contributed by atoms with van der Waals surface area (Å²) in [5, 5.41) is 2.79. The molecule has 2 rings (SSSR count). The van der Waals surface area contributed by atoms with Gasteiger partial charge in [-0.1, -0.05) is 44.2 Å². The molecule has 0 saturated carbocycles. The summed E-state index contributed by atoms with van der Waals surface area (Å²) in [6.45, 7) is 9.57. The van der Waals surface area contributed by atoms with Crippen molar-refractivity contribution < 1.29 is 14.3 Å². The largest absolute Gasteiger partial charge is 0.424 e. The van der Waals surface area contributed by atoms with Crippen LogP contribution in [0.2, 0.25) is 0 Å². The van der Waals surface area contributed by atoms with Gasteiger partial charge < -0.3 is 10.1 Å². The van der Waals surface area contributed by atoms with E-state index in [1.807, 2.05) is 52.8 Å². The topological polar surface area (TPSA) is 55.4 Å². The van der Waals surface area contributed by atoms with E-state index in [4.69, 9.17) is 4.74 Å². The van der Waals surface area contributed by atoms with Crippen LogP contribution in [0.3, 0.4) is 0 Å². The van der Waals surface area contributed by atoms with Crippen molar-refractivity contribution in [1.29, 1.82) is 0 Å². The fourth-order valence-corrected chi connectivity index (χ4v) is 2.56. The van der Waals surface area contributed by atoms with Crippen molar-refractivity contribution in [2.24, 2.45) is 5.92 Å². The molecule has 25 heavy (non-hydrogen) atoms. The normalized spacial score (nSPS) is 11.9. The molecule has 0 aliphatic heterocycles. The SMILES string of the molecule is Cc1ccc(C)c(OC(=O)C(NC(=O)c2ccccc2)C(C)C)c1C. The van der Waals surface area contributed by atoms with Gasteiger partial charge in [0.25, 0.3) is 5.91 Å². The highest BCUT2D eigenvalue weighted by Gasteiger charge is 2.27. The first-order valence-electron chi connectivity index (χ1n) is 8.45. The summed E-state index contributed by atoms with van der Waals surface area (Å²) >= 11 is 0. The van der Waals surface area contributed by atoms with Crippen molar-refractivity contribution in [3.8, 4) is 5.75 Å². The average Bonchev–Trinajstić information content (AvgIpc) is 2.60. The second kappa shape index (κ2) is 7.97. The Morgan fingerprint density at radius 1 is 0.920 bits per heavy atom. The van der Waals surface area contributed by atoms with Crippen LogP contribution in [0.25, 0.3) is 0 Å². The molecule has 0 spiro atoms. The molecule has 2 aromatic rings. The van der Waals surface area contributed by atoms with E-state index in [2.05, 4.69) is 5.32 Å². The zero-order valence-electron chi connectivity index (χ0n) is 15.4. The van der Waals surface area contributed by atoms with Gasteiger partial charge in [-0.25, -0.2) is 4.79 Å². The Morgan fingerprint density at radius 2 is 1.52 bits per heavy atom. The van der Waals surface area contributed by atoms with Gasteiger partial charge in [0.2, 0.25) is 0 Å². The Hall–Kier alpha value is -2.62. The van der Waals surface area contributed by atoms with Crippen LogP contribution in [0, 0.1) is 26.7 Å². The quantitative estimate of drug-likeness (QED) is 0.662. The molecule has 4 nitrogen and oxygen atoms in total. The van der Waals surface area contributed by atoms with Gasteiger partial charge in [0, 0.05) is 5.56 Å². The molecule has 1 N–H and O–H groups in total. The van der Waals surface area contributed by atoms with E-state index in [0.717, 1.165) is 16.7 Å². The summed E-state index contributed by atoms with van der Waals surface area (Å²) in [6.07, 6.45) is 0. The molecule has 0 aromatic heterocycles. The van der Waals surface area contributed by atoms with Gasteiger partial charge in [0.1, 0.15) is 11.8 Å². The molecule has 0 radical (unpaired) electrons. The maximum Gasteiger partial charge on any atom is 0.334 e. The molecular formula is C21H25NO3. The Bertz CT molecular complexity index is 766. The standard InChI is InChI=1S/C21H25NO3/c1-13(2)18(22-20(23)17-9-7-6-8-10-17)21(24)25-19-15(4)12-11-14(3)16(19)5/h6-13,18H,1-5H3,(H,22,23). The molecule has 0 bridgehead atoms. The van der Waals surface area contributed by atoms with Crippen LogP contribution in [0.15, 0.2) is 42.5 Å². The predicted molar refractivity (Wildman–Crippen MR) is 98.8 cm³/mol. The summed E-state index contributed by atoms with van der Waals surface area (Å²) in [6, 6.07) is 12.1. The minimum absolute atomic E-state index is 0.0921. The molecule has 1 unspecified atom stereocenters. The van der Waals surface area contributed by atoms with Gasteiger partial charge in [-0.3, -0.25) is 4.79 Å². The highest BCUT2D eigenvalue weighted by molar-refractivity contribution is 5.97. The Balaban J connectivity index is 2.19. The first-order chi connectivity index (χ1) is 11.8. The van der Waals surface area contributed by atoms with Crippen molar-refractivity contribution in [2.45, 2.75) is 40.7 Å². The third kappa shape index (κ3) is 4.47. The van der Waals surface area contributed by atoms with Gasteiger partial charge in [0.15, 0.2) is 0 Å². The molecular weight excluding hydrogens is 314 g/mol. The minimum Gasteiger partial charge on any atom is -0.424 e. The van der Waals surface area contributed by atoms with Crippen LogP contribution in [-0.4, -0.2) is 17.9 Å². The van der Waals surface area contributed by atoms with Crippen molar-refractivity contribution in [3.63, 3.8) is 0 Å². The van der Waals surface area contributed by atoms with E-state index in [1.165, 1.54) is 0 Å². The summed E-state index contributed by atoms with van der Waals surface area (Å²) in [7, 11) is 0. The Labute approximate surface area is 149 Å². The minimum atomic E-state index is -0.716. The average molecular weight is 339 g/mol. The van der Waals surface area contributed by atoms with Crippen LogP contribution < -0.4 is 10.1 Å². The number of carbonyl (C=O) groups excluding carboxylic acids is 2. The summed E-state index contributed by atoms with van der Waals surface area (Å²) in [5.74, 6) is -0.250. The summed E-state index contributed by atoms with van der Waals surface area (Å²) < 4.78 is 5.66. The van der Waals surface area contributed by atoms with Gasteiger partial charge in [0.05, 0.1) is 0 Å². The molecule has 4 heteroatoms. The van der Waals surface area contributed by atoms with Gasteiger partial charge in [-0.2, -0.15) is 0 Å². The molecule has 0 heterocycles. The molecule has 1 amide bonds. The molecule has 132 valence electrons. The van der Waals surface area contributed by atoms with Crippen LogP contribution in [0.1, 0.15) is 40.9 Å². The number of carbonyl (C=O) groups is 2. The van der Waals surface area contributed by atoms with Crippen molar-refractivity contribution in [1.82, 2.24) is 5.32 Å². The maximum absolute atomic E-state index is 12.7. The van der Waals surface area contributed by atoms with Crippen LogP contribution >= 0.6 is 0 Å². The zero-order chi connectivity index (χ0) is 18.6. The lowest BCUT2D eigenvalue weighted by atomic mass is 10.0. The Morgan fingerprint density at radius 3 is 2.12 bits per heavy atom. The first-order valence-corrected chi connectivity index (χ1v) is 8.45. The molecule has 2 aromatic carbocycles. The molecule has 0 aliphatic carbocycles. The summed E-state index contributed by atoms with van der Waals surface area (Å²) in [5.41, 5.74) is 3.41. The van der Waals surface area contributed by atoms with E-state index in [9.17, 15) is 9.59 Å². The lowest BCUT2D eigenvalue weighted by Crippen LogP contribution is -2.46. The van der Waals surface area contributed by atoms with Crippen LogP contribution in [0.5, 0.6) is 5.75 Å². The number of aryl methyl sites for hydroxylation is 2. The highest BCUT2D eigenvalue weighted by Crippen LogP contribution is 2.26. The second-order valence-electron chi connectivity index (χ2n) is 6.64. The number of hydrogen-bond acceptors (Lipinski definition) is 3. The fourth-order valence-electron chi connectivity index (χ4n) is 2.56. The third-order valence-corrected chi connectivity index (χ3v) is 4.32. The van der Waals surface area contributed by atoms with Gasteiger partial charge in [-0.15, -0.1) is 0 Å². The zero-order valence-corrected chi connectivity index (χ0v) is 15.4. The fraction of sp³-hybridized carbons (Fsp3) is 0.333. The second-order valence-corrected chi connectivity index (χ2v) is 6.64. The number of rotatable bonds is 5. The highest BCUT2D eigenvalue weighted by atomic mass is 16.5. The lowest BCUT2D eigenvalue weighted by Gasteiger charge is -2.22. The molecule has 0 aliphatic rings. The number of amides is 1. The maximum atomic E-state index is 12.7. The van der Waals surface area contributed by atoms with Crippen molar-refractivity contribution >= 4 is 11.9 Å². The predicted octanol–water partition coefficient (Wildman–Crippen LogP) is 3.97.